The predicted molar refractivity (Wildman–Crippen MR) is 59.4 cm³/mol. The molecular formula is C11H16N2O3. The Balaban J connectivity index is 2.03. The summed E-state index contributed by atoms with van der Waals surface area (Å²) in [6, 6.07) is 1.81. The largest absolute Gasteiger partial charge is 0.502 e. The molecule has 1 aromatic heterocycles. The summed E-state index contributed by atoms with van der Waals surface area (Å²) in [6.07, 6.45) is 1.10. The highest BCUT2D eigenvalue weighted by atomic mass is 16.4. The summed E-state index contributed by atoms with van der Waals surface area (Å²) in [4.78, 5) is 13.4. The van der Waals surface area contributed by atoms with Crippen molar-refractivity contribution in [1.82, 2.24) is 10.2 Å². The van der Waals surface area contributed by atoms with Crippen LogP contribution in [0.1, 0.15) is 12.7 Å². The fraction of sp³-hybridized carbons (Fsp3) is 0.545. The number of hydrogen-bond acceptors (Lipinski definition) is 5. The second kappa shape index (κ2) is 4.67. The van der Waals surface area contributed by atoms with Crippen molar-refractivity contribution in [3.05, 3.63) is 28.3 Å². The van der Waals surface area contributed by atoms with Gasteiger partial charge in [-0.05, 0) is 6.92 Å². The molecule has 88 valence electrons. The van der Waals surface area contributed by atoms with E-state index in [-0.39, 0.29) is 11.2 Å². The lowest BCUT2D eigenvalue weighted by Gasteiger charge is -2.31. The van der Waals surface area contributed by atoms with Gasteiger partial charge < -0.3 is 14.8 Å². The molecule has 0 unspecified atom stereocenters. The van der Waals surface area contributed by atoms with Crippen molar-refractivity contribution in [2.24, 2.45) is 0 Å². The van der Waals surface area contributed by atoms with Crippen LogP contribution in [0.25, 0.3) is 0 Å². The summed E-state index contributed by atoms with van der Waals surface area (Å²) in [5, 5.41) is 12.4. The summed E-state index contributed by atoms with van der Waals surface area (Å²) in [7, 11) is 0. The van der Waals surface area contributed by atoms with Gasteiger partial charge in [-0.15, -0.1) is 0 Å². The molecule has 2 rings (SSSR count). The summed E-state index contributed by atoms with van der Waals surface area (Å²) in [5.41, 5.74) is -0.385. The van der Waals surface area contributed by atoms with Crippen LogP contribution in [0.3, 0.4) is 0 Å². The van der Waals surface area contributed by atoms with E-state index in [2.05, 4.69) is 17.1 Å². The zero-order valence-electron chi connectivity index (χ0n) is 9.27. The van der Waals surface area contributed by atoms with Gasteiger partial charge in [0, 0.05) is 31.7 Å². The van der Waals surface area contributed by atoms with E-state index in [1.54, 1.807) is 0 Å². The van der Waals surface area contributed by atoms with Crippen LogP contribution in [0.5, 0.6) is 5.75 Å². The molecule has 0 amide bonds. The number of piperazine rings is 1. The van der Waals surface area contributed by atoms with E-state index in [0.717, 1.165) is 25.9 Å². The van der Waals surface area contributed by atoms with E-state index in [4.69, 9.17) is 9.52 Å². The van der Waals surface area contributed by atoms with E-state index in [1.807, 2.05) is 0 Å². The number of rotatable bonds is 2. The minimum Gasteiger partial charge on any atom is -0.502 e. The Kier molecular flexibility index (Phi) is 3.26. The van der Waals surface area contributed by atoms with Gasteiger partial charge in [0.25, 0.3) is 0 Å². The maximum atomic E-state index is 11.2. The Morgan fingerprint density at radius 1 is 1.69 bits per heavy atom. The van der Waals surface area contributed by atoms with Crippen LogP contribution in [-0.4, -0.2) is 35.7 Å². The molecule has 0 radical (unpaired) electrons. The van der Waals surface area contributed by atoms with Crippen molar-refractivity contribution in [3.8, 4) is 5.75 Å². The van der Waals surface area contributed by atoms with E-state index in [1.165, 1.54) is 6.07 Å². The minimum atomic E-state index is -0.385. The zero-order chi connectivity index (χ0) is 11.5. The number of nitrogens with one attached hydrogen (secondary N) is 1. The smallest absolute Gasteiger partial charge is 0.226 e. The molecule has 0 saturated carbocycles. The van der Waals surface area contributed by atoms with Crippen molar-refractivity contribution < 1.29 is 9.52 Å². The fourth-order valence-corrected chi connectivity index (χ4v) is 1.90. The van der Waals surface area contributed by atoms with E-state index < -0.39 is 0 Å². The molecule has 1 aliphatic rings. The molecule has 1 fully saturated rings. The molecule has 1 saturated heterocycles. The standard InChI is InChI=1S/C11H16N2O3/c1-8-5-13(3-2-12-8)6-9-4-10(14)11(15)7-16-9/h4,7-8,12,15H,2-3,5-6H2,1H3/t8-/m0/s1. The van der Waals surface area contributed by atoms with Gasteiger partial charge in [0.2, 0.25) is 5.43 Å². The number of nitrogens with zero attached hydrogens (tertiary/aromatic N) is 1. The van der Waals surface area contributed by atoms with Gasteiger partial charge in [-0.3, -0.25) is 9.69 Å². The molecule has 0 aliphatic carbocycles. The van der Waals surface area contributed by atoms with Gasteiger partial charge in [-0.1, -0.05) is 0 Å². The van der Waals surface area contributed by atoms with E-state index in [9.17, 15) is 4.79 Å². The topological polar surface area (TPSA) is 65.7 Å². The van der Waals surface area contributed by atoms with Crippen molar-refractivity contribution >= 4 is 0 Å². The first-order valence-electron chi connectivity index (χ1n) is 5.41. The molecule has 1 aromatic rings. The number of hydrogen-bond donors (Lipinski definition) is 2. The van der Waals surface area contributed by atoms with Gasteiger partial charge in [-0.25, -0.2) is 0 Å². The van der Waals surface area contributed by atoms with Crippen LogP contribution >= 0.6 is 0 Å². The van der Waals surface area contributed by atoms with Gasteiger partial charge in [0.1, 0.15) is 12.0 Å². The molecule has 1 aliphatic heterocycles. The van der Waals surface area contributed by atoms with Crippen LogP contribution < -0.4 is 10.7 Å². The van der Waals surface area contributed by atoms with Crippen LogP contribution in [0, 0.1) is 0 Å². The molecule has 5 heteroatoms. The lowest BCUT2D eigenvalue weighted by Crippen LogP contribution is -2.48. The Bertz CT molecular complexity index is 416. The summed E-state index contributed by atoms with van der Waals surface area (Å²) < 4.78 is 5.16. The molecule has 0 spiro atoms. The fourth-order valence-electron chi connectivity index (χ4n) is 1.90. The molecular weight excluding hydrogens is 208 g/mol. The lowest BCUT2D eigenvalue weighted by atomic mass is 10.2. The lowest BCUT2D eigenvalue weighted by molar-refractivity contribution is 0.184. The molecule has 16 heavy (non-hydrogen) atoms. The molecule has 1 atom stereocenters. The van der Waals surface area contributed by atoms with Crippen LogP contribution in [0.15, 0.2) is 21.5 Å². The second-order valence-electron chi connectivity index (χ2n) is 4.19. The highest BCUT2D eigenvalue weighted by Crippen LogP contribution is 2.08. The van der Waals surface area contributed by atoms with Gasteiger partial charge in [-0.2, -0.15) is 0 Å². The van der Waals surface area contributed by atoms with Crippen LogP contribution in [0.2, 0.25) is 0 Å². The summed E-state index contributed by atoms with van der Waals surface area (Å²) in [5.74, 6) is 0.259. The van der Waals surface area contributed by atoms with Gasteiger partial charge >= 0.3 is 0 Å². The second-order valence-corrected chi connectivity index (χ2v) is 4.19. The minimum absolute atomic E-state index is 0.336. The molecule has 2 heterocycles. The maximum Gasteiger partial charge on any atom is 0.226 e. The average molecular weight is 224 g/mol. The maximum absolute atomic E-state index is 11.2. The van der Waals surface area contributed by atoms with Crippen molar-refractivity contribution in [2.45, 2.75) is 19.5 Å². The Labute approximate surface area is 93.7 Å². The molecule has 5 nitrogen and oxygen atoms in total. The zero-order valence-corrected chi connectivity index (χ0v) is 9.27. The molecule has 0 bridgehead atoms. The number of aromatic hydroxyl groups is 1. The summed E-state index contributed by atoms with van der Waals surface area (Å²) >= 11 is 0. The molecule has 2 N–H and O–H groups in total. The Hall–Kier alpha value is -1.33. The first-order chi connectivity index (χ1) is 7.65. The first-order valence-corrected chi connectivity index (χ1v) is 5.41. The highest BCUT2D eigenvalue weighted by Gasteiger charge is 2.16. The SMILES string of the molecule is C[C@H]1CN(Cc2cc(=O)c(O)co2)CCN1. The quantitative estimate of drug-likeness (QED) is 0.748. The normalized spacial score (nSPS) is 22.2. The van der Waals surface area contributed by atoms with Crippen molar-refractivity contribution in [1.29, 1.82) is 0 Å². The Morgan fingerprint density at radius 3 is 3.19 bits per heavy atom. The molecule has 0 aromatic carbocycles. The van der Waals surface area contributed by atoms with E-state index in [0.29, 0.717) is 18.3 Å². The first kappa shape index (κ1) is 11.2. The van der Waals surface area contributed by atoms with Crippen molar-refractivity contribution in [2.75, 3.05) is 19.6 Å². The third-order valence-electron chi connectivity index (χ3n) is 2.70. The highest BCUT2D eigenvalue weighted by molar-refractivity contribution is 5.15. The third-order valence-corrected chi connectivity index (χ3v) is 2.70. The van der Waals surface area contributed by atoms with Crippen LogP contribution in [0.4, 0.5) is 0 Å². The summed E-state index contributed by atoms with van der Waals surface area (Å²) in [6.45, 7) is 5.56. The third kappa shape index (κ3) is 2.62. The van der Waals surface area contributed by atoms with Gasteiger partial charge in [0.05, 0.1) is 6.54 Å². The van der Waals surface area contributed by atoms with Gasteiger partial charge in [0.15, 0.2) is 5.75 Å². The van der Waals surface area contributed by atoms with Crippen molar-refractivity contribution in [3.63, 3.8) is 0 Å². The predicted octanol–water partition coefficient (Wildman–Crippen LogP) is 0.139. The Morgan fingerprint density at radius 2 is 2.50 bits per heavy atom. The van der Waals surface area contributed by atoms with E-state index >= 15 is 0 Å². The van der Waals surface area contributed by atoms with Crippen LogP contribution in [-0.2, 0) is 6.54 Å². The monoisotopic (exact) mass is 224 g/mol. The average Bonchev–Trinajstić information content (AvgIpc) is 2.24.